The highest BCUT2D eigenvalue weighted by atomic mass is 127. The molecule has 0 atom stereocenters. The molecule has 6 heteroatoms. The molecule has 3 N–H and O–H groups in total. The third-order valence-electron chi connectivity index (χ3n) is 3.45. The molecule has 108 valence electrons. The van der Waals surface area contributed by atoms with E-state index in [1.54, 1.807) is 7.05 Å². The number of aryl methyl sites for hydroxylation is 1. The lowest BCUT2D eigenvalue weighted by Crippen LogP contribution is -2.50. The summed E-state index contributed by atoms with van der Waals surface area (Å²) in [6.07, 6.45) is 6.98. The fourth-order valence-electron chi connectivity index (χ4n) is 2.08. The van der Waals surface area contributed by atoms with Crippen LogP contribution in [-0.4, -0.2) is 34.8 Å². The van der Waals surface area contributed by atoms with Crippen molar-refractivity contribution in [1.82, 2.24) is 15.2 Å². The van der Waals surface area contributed by atoms with Crippen LogP contribution >= 0.6 is 24.0 Å². The van der Waals surface area contributed by atoms with Crippen molar-refractivity contribution in [2.24, 2.45) is 12.0 Å². The number of hydrogen-bond donors (Lipinski definition) is 3. The zero-order chi connectivity index (χ0) is 13.0. The van der Waals surface area contributed by atoms with E-state index in [2.05, 4.69) is 27.9 Å². The Bertz CT molecular complexity index is 426. The van der Waals surface area contributed by atoms with Gasteiger partial charge in [0.05, 0.1) is 5.60 Å². The molecule has 0 aliphatic heterocycles. The van der Waals surface area contributed by atoms with Gasteiger partial charge in [-0.3, -0.25) is 4.99 Å². The van der Waals surface area contributed by atoms with Crippen molar-refractivity contribution in [3.05, 3.63) is 24.0 Å². The second kappa shape index (κ2) is 7.14. The van der Waals surface area contributed by atoms with Gasteiger partial charge in [0.15, 0.2) is 5.96 Å². The van der Waals surface area contributed by atoms with E-state index in [9.17, 15) is 5.11 Å². The van der Waals surface area contributed by atoms with Crippen LogP contribution in [-0.2, 0) is 13.6 Å². The molecule has 0 unspecified atom stereocenters. The molecule has 1 heterocycles. The van der Waals surface area contributed by atoms with Crippen molar-refractivity contribution in [3.8, 4) is 0 Å². The van der Waals surface area contributed by atoms with Crippen molar-refractivity contribution in [2.45, 2.75) is 31.4 Å². The standard InChI is InChI=1S/C13H22N4O.HI/c1-14-12(16-10-13(18)5-3-6-13)15-8-11-4-7-17(2)9-11;/h4,7,9,18H,3,5-6,8,10H2,1-2H3,(H2,14,15,16);1H. The van der Waals surface area contributed by atoms with Gasteiger partial charge in [0, 0.05) is 39.6 Å². The molecule has 1 aliphatic rings. The average Bonchev–Trinajstić information content (AvgIpc) is 2.73. The van der Waals surface area contributed by atoms with Gasteiger partial charge in [0.2, 0.25) is 0 Å². The monoisotopic (exact) mass is 378 g/mol. The highest BCUT2D eigenvalue weighted by Crippen LogP contribution is 2.30. The third-order valence-corrected chi connectivity index (χ3v) is 3.45. The maximum Gasteiger partial charge on any atom is 0.191 e. The van der Waals surface area contributed by atoms with Crippen LogP contribution in [0.2, 0.25) is 0 Å². The van der Waals surface area contributed by atoms with E-state index in [0.717, 1.165) is 31.8 Å². The molecule has 0 bridgehead atoms. The van der Waals surface area contributed by atoms with Gasteiger partial charge < -0.3 is 20.3 Å². The van der Waals surface area contributed by atoms with Gasteiger partial charge in [-0.2, -0.15) is 0 Å². The van der Waals surface area contributed by atoms with Crippen LogP contribution in [0.1, 0.15) is 24.8 Å². The first kappa shape index (κ1) is 16.3. The van der Waals surface area contributed by atoms with Gasteiger partial charge in [-0.1, -0.05) is 0 Å². The first-order valence-corrected chi connectivity index (χ1v) is 6.39. The number of nitrogens with zero attached hydrogens (tertiary/aromatic N) is 2. The number of guanidine groups is 1. The van der Waals surface area contributed by atoms with Gasteiger partial charge >= 0.3 is 0 Å². The Balaban J connectivity index is 0.00000180. The lowest BCUT2D eigenvalue weighted by Gasteiger charge is -2.36. The average molecular weight is 378 g/mol. The Morgan fingerprint density at radius 3 is 2.68 bits per heavy atom. The molecule has 5 nitrogen and oxygen atoms in total. The second-order valence-electron chi connectivity index (χ2n) is 5.04. The predicted molar refractivity (Wildman–Crippen MR) is 87.8 cm³/mol. The van der Waals surface area contributed by atoms with Crippen LogP contribution in [0.3, 0.4) is 0 Å². The van der Waals surface area contributed by atoms with Gasteiger partial charge in [0.1, 0.15) is 0 Å². The molecule has 1 aromatic rings. The van der Waals surface area contributed by atoms with Crippen molar-refractivity contribution < 1.29 is 5.11 Å². The minimum atomic E-state index is -0.523. The molecular weight excluding hydrogens is 355 g/mol. The summed E-state index contributed by atoms with van der Waals surface area (Å²) in [5, 5.41) is 16.4. The van der Waals surface area contributed by atoms with Crippen molar-refractivity contribution in [3.63, 3.8) is 0 Å². The number of aliphatic imine (C=N–C) groups is 1. The Hall–Kier alpha value is -0.760. The topological polar surface area (TPSA) is 61.6 Å². The molecule has 2 rings (SSSR count). The number of hydrogen-bond acceptors (Lipinski definition) is 2. The molecule has 0 saturated heterocycles. The summed E-state index contributed by atoms with van der Waals surface area (Å²) in [5.41, 5.74) is 0.687. The van der Waals surface area contributed by atoms with Crippen LogP contribution in [0.15, 0.2) is 23.5 Å². The SMILES string of the molecule is CN=C(NCc1ccn(C)c1)NCC1(O)CCC1.I. The summed E-state index contributed by atoms with van der Waals surface area (Å²) in [6, 6.07) is 2.07. The van der Waals surface area contributed by atoms with Crippen LogP contribution < -0.4 is 10.6 Å². The maximum atomic E-state index is 9.99. The summed E-state index contributed by atoms with van der Waals surface area (Å²) in [7, 11) is 3.74. The van der Waals surface area contributed by atoms with Gasteiger partial charge in [-0.05, 0) is 30.9 Å². The smallest absolute Gasteiger partial charge is 0.191 e. The highest BCUT2D eigenvalue weighted by Gasteiger charge is 2.34. The van der Waals surface area contributed by atoms with E-state index in [0.29, 0.717) is 6.54 Å². The summed E-state index contributed by atoms with van der Waals surface area (Å²) in [6.45, 7) is 1.31. The molecule has 0 amide bonds. The van der Waals surface area contributed by atoms with Gasteiger partial charge in [-0.15, -0.1) is 24.0 Å². The van der Waals surface area contributed by atoms with E-state index in [1.807, 2.05) is 17.8 Å². The van der Waals surface area contributed by atoms with Crippen LogP contribution in [0, 0.1) is 0 Å². The molecule has 19 heavy (non-hydrogen) atoms. The zero-order valence-electron chi connectivity index (χ0n) is 11.5. The Morgan fingerprint density at radius 2 is 2.21 bits per heavy atom. The number of halogens is 1. The van der Waals surface area contributed by atoms with Crippen LogP contribution in [0.25, 0.3) is 0 Å². The zero-order valence-corrected chi connectivity index (χ0v) is 13.8. The third kappa shape index (κ3) is 4.68. The Morgan fingerprint density at radius 1 is 1.47 bits per heavy atom. The van der Waals surface area contributed by atoms with E-state index in [-0.39, 0.29) is 24.0 Å². The maximum absolute atomic E-state index is 9.99. The summed E-state index contributed by atoms with van der Waals surface area (Å²) >= 11 is 0. The molecule has 0 radical (unpaired) electrons. The summed E-state index contributed by atoms with van der Waals surface area (Å²) < 4.78 is 2.02. The van der Waals surface area contributed by atoms with Crippen molar-refractivity contribution >= 4 is 29.9 Å². The Kier molecular flexibility index (Phi) is 6.12. The lowest BCUT2D eigenvalue weighted by atomic mass is 9.80. The quantitative estimate of drug-likeness (QED) is 0.420. The van der Waals surface area contributed by atoms with Crippen molar-refractivity contribution in [2.75, 3.05) is 13.6 Å². The van der Waals surface area contributed by atoms with Crippen LogP contribution in [0.4, 0.5) is 0 Å². The Labute approximate surface area is 131 Å². The number of aliphatic hydroxyl groups is 1. The highest BCUT2D eigenvalue weighted by molar-refractivity contribution is 14.0. The molecule has 1 fully saturated rings. The first-order chi connectivity index (χ1) is 8.61. The van der Waals surface area contributed by atoms with Gasteiger partial charge in [0.25, 0.3) is 0 Å². The van der Waals surface area contributed by atoms with E-state index in [1.165, 1.54) is 5.56 Å². The fourth-order valence-corrected chi connectivity index (χ4v) is 2.08. The predicted octanol–water partition coefficient (Wildman–Crippen LogP) is 1.22. The van der Waals surface area contributed by atoms with Crippen LogP contribution in [0.5, 0.6) is 0 Å². The molecule has 1 aromatic heterocycles. The number of nitrogens with one attached hydrogen (secondary N) is 2. The first-order valence-electron chi connectivity index (χ1n) is 6.39. The second-order valence-corrected chi connectivity index (χ2v) is 5.04. The molecule has 1 saturated carbocycles. The number of aromatic nitrogens is 1. The van der Waals surface area contributed by atoms with E-state index >= 15 is 0 Å². The largest absolute Gasteiger partial charge is 0.388 e. The van der Waals surface area contributed by atoms with Crippen molar-refractivity contribution in [1.29, 1.82) is 0 Å². The lowest BCUT2D eigenvalue weighted by molar-refractivity contribution is -0.0279. The fraction of sp³-hybridized carbons (Fsp3) is 0.615. The minimum absolute atomic E-state index is 0. The molecule has 1 aliphatic carbocycles. The number of rotatable bonds is 4. The van der Waals surface area contributed by atoms with E-state index < -0.39 is 5.60 Å². The molecular formula is C13H23IN4O. The van der Waals surface area contributed by atoms with Gasteiger partial charge in [-0.25, -0.2) is 0 Å². The normalized spacial score (nSPS) is 17.3. The molecule has 0 spiro atoms. The molecule has 0 aromatic carbocycles. The van der Waals surface area contributed by atoms with E-state index in [4.69, 9.17) is 0 Å². The minimum Gasteiger partial charge on any atom is -0.388 e. The summed E-state index contributed by atoms with van der Waals surface area (Å²) in [5.74, 6) is 0.735. The summed E-state index contributed by atoms with van der Waals surface area (Å²) in [4.78, 5) is 4.15.